The van der Waals surface area contributed by atoms with Crippen LogP contribution >= 0.6 is 11.6 Å². The number of benzene rings is 2. The third-order valence-corrected chi connectivity index (χ3v) is 5.47. The molecule has 0 fully saturated rings. The molecule has 1 aromatic heterocycles. The first kappa shape index (κ1) is 23.1. The van der Waals surface area contributed by atoms with E-state index in [9.17, 15) is 29.7 Å². The Hall–Kier alpha value is -3.55. The topological polar surface area (TPSA) is 125 Å². The van der Waals surface area contributed by atoms with Gasteiger partial charge in [0.1, 0.15) is 5.69 Å². The predicted octanol–water partition coefficient (Wildman–Crippen LogP) is 3.98. The number of hydrogen-bond acceptors (Lipinski definition) is 5. The van der Waals surface area contributed by atoms with Crippen molar-refractivity contribution in [2.45, 2.75) is 18.9 Å². The SMILES string of the molecule is O=C(C[C@H](Cc1ccccc1Cl)[C@@H](O)C(=O)O)c1cc(-c2ccccc2C(=O)O)ccn1. The number of aliphatic hydroxyl groups is 1. The number of ketones is 1. The van der Waals surface area contributed by atoms with Gasteiger partial charge in [0.05, 0.1) is 5.56 Å². The van der Waals surface area contributed by atoms with E-state index < -0.39 is 29.7 Å². The Morgan fingerprint density at radius 3 is 2.34 bits per heavy atom. The summed E-state index contributed by atoms with van der Waals surface area (Å²) in [7, 11) is 0. The van der Waals surface area contributed by atoms with Crippen molar-refractivity contribution in [3.63, 3.8) is 0 Å². The van der Waals surface area contributed by atoms with Gasteiger partial charge in [0, 0.05) is 23.6 Å². The van der Waals surface area contributed by atoms with Crippen LogP contribution in [0.3, 0.4) is 0 Å². The van der Waals surface area contributed by atoms with Crippen molar-refractivity contribution in [1.82, 2.24) is 4.98 Å². The van der Waals surface area contributed by atoms with Crippen LogP contribution in [0.5, 0.6) is 0 Å². The second-order valence-corrected chi connectivity index (χ2v) is 7.65. The van der Waals surface area contributed by atoms with Gasteiger partial charge in [-0.15, -0.1) is 0 Å². The van der Waals surface area contributed by atoms with Gasteiger partial charge < -0.3 is 15.3 Å². The molecule has 0 bridgehead atoms. The molecule has 3 N–H and O–H groups in total. The van der Waals surface area contributed by atoms with Gasteiger partial charge in [-0.1, -0.05) is 48.0 Å². The van der Waals surface area contributed by atoms with Gasteiger partial charge in [0.2, 0.25) is 0 Å². The van der Waals surface area contributed by atoms with Crippen molar-refractivity contribution in [1.29, 1.82) is 0 Å². The lowest BCUT2D eigenvalue weighted by Crippen LogP contribution is -2.32. The number of carboxylic acids is 2. The van der Waals surface area contributed by atoms with Crippen molar-refractivity contribution in [2.75, 3.05) is 0 Å². The summed E-state index contributed by atoms with van der Waals surface area (Å²) >= 11 is 6.16. The number of aliphatic carboxylic acids is 1. The number of carbonyl (C=O) groups is 3. The van der Waals surface area contributed by atoms with Crippen LogP contribution in [-0.2, 0) is 11.2 Å². The van der Waals surface area contributed by atoms with E-state index in [0.29, 0.717) is 21.7 Å². The van der Waals surface area contributed by atoms with E-state index in [2.05, 4.69) is 4.98 Å². The number of carbonyl (C=O) groups excluding carboxylic acids is 1. The average molecular weight is 454 g/mol. The number of aromatic carboxylic acids is 1. The molecule has 8 heteroatoms. The van der Waals surface area contributed by atoms with Crippen LogP contribution in [0.15, 0.2) is 66.9 Å². The average Bonchev–Trinajstić information content (AvgIpc) is 2.79. The normalized spacial score (nSPS) is 12.7. The van der Waals surface area contributed by atoms with Crippen LogP contribution in [0, 0.1) is 5.92 Å². The van der Waals surface area contributed by atoms with Gasteiger partial charge in [0.15, 0.2) is 11.9 Å². The molecule has 0 radical (unpaired) electrons. The highest BCUT2D eigenvalue weighted by Crippen LogP contribution is 2.27. The van der Waals surface area contributed by atoms with Crippen LogP contribution in [0.1, 0.15) is 32.8 Å². The summed E-state index contributed by atoms with van der Waals surface area (Å²) in [5, 5.41) is 29.3. The fraction of sp³-hybridized carbons (Fsp3) is 0.167. The maximum atomic E-state index is 12.9. The maximum absolute atomic E-state index is 12.9. The monoisotopic (exact) mass is 453 g/mol. The Morgan fingerprint density at radius 2 is 1.66 bits per heavy atom. The van der Waals surface area contributed by atoms with Crippen LogP contribution in [0.4, 0.5) is 0 Å². The molecule has 164 valence electrons. The second-order valence-electron chi connectivity index (χ2n) is 7.25. The van der Waals surface area contributed by atoms with Crippen LogP contribution in [0.2, 0.25) is 5.02 Å². The Bertz CT molecular complexity index is 1160. The largest absolute Gasteiger partial charge is 0.479 e. The number of aromatic nitrogens is 1. The van der Waals surface area contributed by atoms with E-state index in [1.54, 1.807) is 48.5 Å². The summed E-state index contributed by atoms with van der Waals surface area (Å²) in [6.07, 6.45) is -0.584. The van der Waals surface area contributed by atoms with Crippen LogP contribution < -0.4 is 0 Å². The Balaban J connectivity index is 1.89. The van der Waals surface area contributed by atoms with Crippen LogP contribution in [-0.4, -0.2) is 44.1 Å². The molecule has 2 aromatic carbocycles. The zero-order valence-electron chi connectivity index (χ0n) is 16.8. The lowest BCUT2D eigenvalue weighted by molar-refractivity contribution is -0.149. The quantitative estimate of drug-likeness (QED) is 0.418. The van der Waals surface area contributed by atoms with E-state index in [1.165, 1.54) is 18.3 Å². The highest BCUT2D eigenvalue weighted by molar-refractivity contribution is 6.31. The molecular weight excluding hydrogens is 434 g/mol. The van der Waals surface area contributed by atoms with Crippen molar-refractivity contribution < 1.29 is 29.7 Å². The minimum absolute atomic E-state index is 0.0458. The summed E-state index contributed by atoms with van der Waals surface area (Å²) < 4.78 is 0. The molecule has 0 spiro atoms. The summed E-state index contributed by atoms with van der Waals surface area (Å²) in [6.45, 7) is 0. The Morgan fingerprint density at radius 1 is 0.969 bits per heavy atom. The van der Waals surface area contributed by atoms with Crippen molar-refractivity contribution in [3.05, 3.63) is 88.7 Å². The molecule has 32 heavy (non-hydrogen) atoms. The second kappa shape index (κ2) is 10.2. The first-order chi connectivity index (χ1) is 15.3. The van der Waals surface area contributed by atoms with E-state index in [0.717, 1.165) is 0 Å². The fourth-order valence-corrected chi connectivity index (χ4v) is 3.67. The zero-order chi connectivity index (χ0) is 23.3. The summed E-state index contributed by atoms with van der Waals surface area (Å²) in [6, 6.07) is 16.2. The van der Waals surface area contributed by atoms with E-state index in [4.69, 9.17) is 11.6 Å². The number of hydrogen-bond donors (Lipinski definition) is 3. The van der Waals surface area contributed by atoms with Gasteiger partial charge >= 0.3 is 11.9 Å². The van der Waals surface area contributed by atoms with Gasteiger partial charge in [-0.3, -0.25) is 9.78 Å². The molecule has 3 rings (SSSR count). The number of rotatable bonds is 9. The number of halogens is 1. The Labute approximate surface area is 188 Å². The Kier molecular flexibility index (Phi) is 7.35. The van der Waals surface area contributed by atoms with Gasteiger partial charge in [-0.2, -0.15) is 0 Å². The molecule has 0 unspecified atom stereocenters. The zero-order valence-corrected chi connectivity index (χ0v) is 17.6. The molecule has 7 nitrogen and oxygen atoms in total. The molecule has 0 aliphatic carbocycles. The highest BCUT2D eigenvalue weighted by atomic mass is 35.5. The maximum Gasteiger partial charge on any atom is 0.336 e. The number of Topliss-reactive ketones (excluding diaryl/α,β-unsaturated/α-hetero) is 1. The number of nitrogens with zero attached hydrogens (tertiary/aromatic N) is 1. The lowest BCUT2D eigenvalue weighted by atomic mass is 9.88. The fourth-order valence-electron chi connectivity index (χ4n) is 3.46. The smallest absolute Gasteiger partial charge is 0.336 e. The summed E-state index contributed by atoms with van der Waals surface area (Å²) in [5.41, 5.74) is 1.65. The molecule has 0 saturated heterocycles. The van der Waals surface area contributed by atoms with E-state index in [1.807, 2.05) is 0 Å². The molecule has 1 heterocycles. The van der Waals surface area contributed by atoms with Gasteiger partial charge in [0.25, 0.3) is 0 Å². The van der Waals surface area contributed by atoms with Crippen LogP contribution in [0.25, 0.3) is 11.1 Å². The standard InChI is InChI=1S/C24H20ClNO6/c25-19-8-4-1-5-15(19)11-16(22(28)24(31)32)13-21(27)20-12-14(9-10-26-20)17-6-2-3-7-18(17)23(29)30/h1-10,12,16,22,28H,11,13H2,(H,29,30)(H,31,32)/t16-,22+/m0/s1. The van der Waals surface area contributed by atoms with Gasteiger partial charge in [-0.25, -0.2) is 9.59 Å². The highest BCUT2D eigenvalue weighted by Gasteiger charge is 2.29. The number of carboxylic acid groups (broad SMARTS) is 2. The van der Waals surface area contributed by atoms with E-state index >= 15 is 0 Å². The summed E-state index contributed by atoms with van der Waals surface area (Å²) in [5.74, 6) is -3.95. The number of aliphatic hydroxyl groups excluding tert-OH is 1. The third kappa shape index (κ3) is 5.38. The van der Waals surface area contributed by atoms with Crippen molar-refractivity contribution in [3.8, 4) is 11.1 Å². The minimum Gasteiger partial charge on any atom is -0.479 e. The molecule has 0 saturated carbocycles. The molecule has 3 aromatic rings. The van der Waals surface area contributed by atoms with Gasteiger partial charge in [-0.05, 0) is 47.4 Å². The minimum atomic E-state index is -1.77. The molecular formula is C24H20ClNO6. The van der Waals surface area contributed by atoms with Crippen molar-refractivity contribution in [2.24, 2.45) is 5.92 Å². The molecule has 0 aliphatic rings. The molecule has 0 aliphatic heterocycles. The number of pyridine rings is 1. The predicted molar refractivity (Wildman–Crippen MR) is 118 cm³/mol. The molecule has 2 atom stereocenters. The lowest BCUT2D eigenvalue weighted by Gasteiger charge is -2.20. The third-order valence-electron chi connectivity index (χ3n) is 5.10. The van der Waals surface area contributed by atoms with E-state index in [-0.39, 0.29) is 24.1 Å². The first-order valence-electron chi connectivity index (χ1n) is 9.74. The van der Waals surface area contributed by atoms with Crippen molar-refractivity contribution >= 4 is 29.3 Å². The first-order valence-corrected chi connectivity index (χ1v) is 10.1. The molecule has 0 amide bonds. The summed E-state index contributed by atoms with van der Waals surface area (Å²) in [4.78, 5) is 39.9.